The Morgan fingerprint density at radius 3 is 2.56 bits per heavy atom. The van der Waals surface area contributed by atoms with Gasteiger partial charge in [0.25, 0.3) is 0 Å². The molecule has 0 N–H and O–H groups in total. The molecule has 132 valence electrons. The minimum absolute atomic E-state index is 0.237. The molecule has 3 aromatic carbocycles. The normalized spacial score (nSPS) is 19.3. The van der Waals surface area contributed by atoms with Crippen LogP contribution in [0.5, 0.6) is 5.75 Å². The second kappa shape index (κ2) is 6.74. The van der Waals surface area contributed by atoms with Gasteiger partial charge in [0.2, 0.25) is 6.23 Å². The zero-order valence-electron chi connectivity index (χ0n) is 14.3. The molecule has 4 heteroatoms. The SMILES string of the molecule is Brc1ccc2c(c1)CC1c3ccc(Br)cc3OC(C#Cc3ccccc3)N21. The van der Waals surface area contributed by atoms with Crippen LogP contribution >= 0.6 is 31.9 Å². The molecule has 0 saturated heterocycles. The lowest BCUT2D eigenvalue weighted by Crippen LogP contribution is -2.43. The molecule has 2 heterocycles. The molecular weight excluding hydrogens is 466 g/mol. The van der Waals surface area contributed by atoms with E-state index in [0.717, 1.165) is 26.7 Å². The number of ether oxygens (including phenoxy) is 1. The summed E-state index contributed by atoms with van der Waals surface area (Å²) in [5, 5.41) is 0. The first-order chi connectivity index (χ1) is 13.2. The predicted molar refractivity (Wildman–Crippen MR) is 115 cm³/mol. The summed E-state index contributed by atoms with van der Waals surface area (Å²) in [4.78, 5) is 2.31. The fourth-order valence-corrected chi connectivity index (χ4v) is 4.57. The van der Waals surface area contributed by atoms with Crippen molar-refractivity contribution in [2.24, 2.45) is 0 Å². The van der Waals surface area contributed by atoms with E-state index in [1.807, 2.05) is 36.4 Å². The van der Waals surface area contributed by atoms with Crippen molar-refractivity contribution < 1.29 is 4.74 Å². The average Bonchev–Trinajstić information content (AvgIpc) is 3.05. The highest BCUT2D eigenvalue weighted by atomic mass is 79.9. The summed E-state index contributed by atoms with van der Waals surface area (Å²) in [5.41, 5.74) is 4.72. The standard InChI is InChI=1S/C23H15Br2NO/c24-17-8-10-20-16(12-17)13-21-19-9-7-18(25)14-22(19)27-23(26(20)21)11-6-15-4-2-1-3-5-15/h1-5,7-10,12,14,21,23H,13H2. The van der Waals surface area contributed by atoms with E-state index in [4.69, 9.17) is 4.74 Å². The highest BCUT2D eigenvalue weighted by Gasteiger charge is 2.40. The lowest BCUT2D eigenvalue weighted by atomic mass is 10.00. The fraction of sp³-hybridized carbons (Fsp3) is 0.130. The maximum Gasteiger partial charge on any atom is 0.237 e. The molecule has 3 aromatic rings. The fourth-order valence-electron chi connectivity index (χ4n) is 3.82. The molecule has 2 aliphatic heterocycles. The van der Waals surface area contributed by atoms with Gasteiger partial charge in [-0.3, -0.25) is 0 Å². The van der Waals surface area contributed by atoms with E-state index < -0.39 is 0 Å². The summed E-state index contributed by atoms with van der Waals surface area (Å²) in [6, 6.07) is 23.0. The molecule has 5 rings (SSSR count). The molecule has 2 aliphatic rings. The van der Waals surface area contributed by atoms with Gasteiger partial charge >= 0.3 is 0 Å². The van der Waals surface area contributed by atoms with Crippen molar-refractivity contribution in [1.82, 2.24) is 0 Å². The van der Waals surface area contributed by atoms with Crippen molar-refractivity contribution in [2.45, 2.75) is 18.7 Å². The van der Waals surface area contributed by atoms with Gasteiger partial charge in [0, 0.05) is 25.8 Å². The van der Waals surface area contributed by atoms with Crippen LogP contribution in [0.3, 0.4) is 0 Å². The third-order valence-corrected chi connectivity index (χ3v) is 5.99. The van der Waals surface area contributed by atoms with Gasteiger partial charge < -0.3 is 9.64 Å². The Labute approximate surface area is 175 Å². The summed E-state index contributed by atoms with van der Waals surface area (Å²) in [7, 11) is 0. The number of hydrogen-bond acceptors (Lipinski definition) is 2. The molecular formula is C23H15Br2NO. The van der Waals surface area contributed by atoms with Gasteiger partial charge in [0.1, 0.15) is 5.75 Å². The van der Waals surface area contributed by atoms with E-state index in [-0.39, 0.29) is 12.3 Å². The molecule has 0 aliphatic carbocycles. The van der Waals surface area contributed by atoms with Crippen LogP contribution < -0.4 is 9.64 Å². The first-order valence-electron chi connectivity index (χ1n) is 8.78. The molecule has 0 amide bonds. The van der Waals surface area contributed by atoms with Crippen molar-refractivity contribution in [1.29, 1.82) is 0 Å². The van der Waals surface area contributed by atoms with E-state index in [9.17, 15) is 0 Å². The molecule has 0 spiro atoms. The van der Waals surface area contributed by atoms with Gasteiger partial charge in [0.15, 0.2) is 0 Å². The number of rotatable bonds is 0. The van der Waals surface area contributed by atoms with Crippen LogP contribution in [-0.2, 0) is 6.42 Å². The van der Waals surface area contributed by atoms with E-state index in [0.29, 0.717) is 0 Å². The van der Waals surface area contributed by atoms with Crippen molar-refractivity contribution in [3.8, 4) is 17.6 Å². The number of hydrogen-bond donors (Lipinski definition) is 0. The van der Waals surface area contributed by atoms with Gasteiger partial charge in [-0.2, -0.15) is 0 Å². The molecule has 2 unspecified atom stereocenters. The Morgan fingerprint density at radius 2 is 1.70 bits per heavy atom. The van der Waals surface area contributed by atoms with E-state index >= 15 is 0 Å². The first-order valence-corrected chi connectivity index (χ1v) is 10.4. The van der Waals surface area contributed by atoms with E-state index in [1.54, 1.807) is 0 Å². The summed E-state index contributed by atoms with van der Waals surface area (Å²) in [6.45, 7) is 0. The Morgan fingerprint density at radius 1 is 0.926 bits per heavy atom. The second-order valence-electron chi connectivity index (χ2n) is 6.69. The second-order valence-corrected chi connectivity index (χ2v) is 8.52. The predicted octanol–water partition coefficient (Wildman–Crippen LogP) is 6.09. The first kappa shape index (κ1) is 16.9. The number of nitrogens with zero attached hydrogens (tertiary/aromatic N) is 1. The maximum atomic E-state index is 6.35. The van der Waals surface area contributed by atoms with Crippen LogP contribution in [0.2, 0.25) is 0 Å². The summed E-state index contributed by atoms with van der Waals surface area (Å²) in [5.74, 6) is 7.54. The van der Waals surface area contributed by atoms with Crippen LogP contribution in [0, 0.1) is 11.8 Å². The van der Waals surface area contributed by atoms with Gasteiger partial charge in [-0.1, -0.05) is 62.0 Å². The molecule has 0 aromatic heterocycles. The van der Waals surface area contributed by atoms with Gasteiger partial charge in [-0.25, -0.2) is 0 Å². The molecule has 0 bridgehead atoms. The van der Waals surface area contributed by atoms with Gasteiger partial charge in [0.05, 0.1) is 6.04 Å². The zero-order valence-corrected chi connectivity index (χ0v) is 17.5. The molecule has 2 atom stereocenters. The van der Waals surface area contributed by atoms with Crippen LogP contribution in [0.25, 0.3) is 0 Å². The largest absolute Gasteiger partial charge is 0.459 e. The van der Waals surface area contributed by atoms with Crippen LogP contribution in [0.4, 0.5) is 5.69 Å². The highest BCUT2D eigenvalue weighted by molar-refractivity contribution is 9.10. The average molecular weight is 481 g/mol. The van der Waals surface area contributed by atoms with Crippen LogP contribution in [0.15, 0.2) is 75.7 Å². The van der Waals surface area contributed by atoms with Crippen LogP contribution in [-0.4, -0.2) is 6.23 Å². The molecule has 0 radical (unpaired) electrons. The van der Waals surface area contributed by atoms with Gasteiger partial charge in [-0.05, 0) is 60.4 Å². The van der Waals surface area contributed by atoms with Crippen molar-refractivity contribution in [2.75, 3.05) is 4.90 Å². The van der Waals surface area contributed by atoms with Crippen LogP contribution in [0.1, 0.15) is 22.7 Å². The topological polar surface area (TPSA) is 12.5 Å². The smallest absolute Gasteiger partial charge is 0.237 e. The summed E-state index contributed by atoms with van der Waals surface area (Å²) < 4.78 is 8.46. The van der Waals surface area contributed by atoms with E-state index in [1.165, 1.54) is 16.8 Å². The highest BCUT2D eigenvalue weighted by Crippen LogP contribution is 2.48. The third-order valence-electron chi connectivity index (χ3n) is 5.01. The zero-order chi connectivity index (χ0) is 18.4. The number of fused-ring (bicyclic) bond motifs is 5. The molecule has 0 saturated carbocycles. The van der Waals surface area contributed by atoms with E-state index in [2.05, 4.69) is 78.9 Å². The third kappa shape index (κ3) is 3.05. The Bertz CT molecular complexity index is 1080. The van der Waals surface area contributed by atoms with Crippen molar-refractivity contribution >= 4 is 37.5 Å². The quantitative estimate of drug-likeness (QED) is 0.361. The molecule has 27 heavy (non-hydrogen) atoms. The van der Waals surface area contributed by atoms with Crippen molar-refractivity contribution in [3.63, 3.8) is 0 Å². The minimum atomic E-state index is -0.320. The minimum Gasteiger partial charge on any atom is -0.459 e. The lowest BCUT2D eigenvalue weighted by molar-refractivity contribution is 0.216. The lowest BCUT2D eigenvalue weighted by Gasteiger charge is -2.38. The monoisotopic (exact) mass is 479 g/mol. The van der Waals surface area contributed by atoms with Gasteiger partial charge in [-0.15, -0.1) is 0 Å². The summed E-state index contributed by atoms with van der Waals surface area (Å²) >= 11 is 7.16. The Balaban J connectivity index is 1.62. The summed E-state index contributed by atoms with van der Waals surface area (Å²) in [6.07, 6.45) is 0.635. The number of benzene rings is 3. The molecule has 0 fully saturated rings. The molecule has 2 nitrogen and oxygen atoms in total. The Hall–Kier alpha value is -2.22. The number of anilines is 1. The Kier molecular flexibility index (Phi) is 4.22. The maximum absolute atomic E-state index is 6.35. The number of halogens is 2. The van der Waals surface area contributed by atoms with Crippen molar-refractivity contribution in [3.05, 3.63) is 92.4 Å².